The fourth-order valence-electron chi connectivity index (χ4n) is 4.89. The standard InChI is InChI=1S/C22H28N6O/c29-20(14-16-6-1-2-7-16)28-13-5-8-19(28)21-17(15-24-26-21)18-9-10-23-22(25-18)27-11-3-4-12-27/h1,6,9-10,15-16,19H,2-5,7-8,11-14H2,(H,24,26). The number of rotatable bonds is 5. The molecule has 152 valence electrons. The number of H-pyrrole nitrogens is 1. The maximum atomic E-state index is 13.0. The van der Waals surface area contributed by atoms with Crippen molar-refractivity contribution in [1.82, 2.24) is 25.1 Å². The predicted molar refractivity (Wildman–Crippen MR) is 111 cm³/mol. The smallest absolute Gasteiger partial charge is 0.225 e. The quantitative estimate of drug-likeness (QED) is 0.788. The summed E-state index contributed by atoms with van der Waals surface area (Å²) in [5.41, 5.74) is 2.87. The highest BCUT2D eigenvalue weighted by molar-refractivity contribution is 5.78. The van der Waals surface area contributed by atoms with Gasteiger partial charge in [0.15, 0.2) is 0 Å². The Morgan fingerprint density at radius 2 is 2.07 bits per heavy atom. The fraction of sp³-hybridized carbons (Fsp3) is 0.545. The fourth-order valence-corrected chi connectivity index (χ4v) is 4.89. The zero-order chi connectivity index (χ0) is 19.6. The van der Waals surface area contributed by atoms with E-state index in [-0.39, 0.29) is 11.9 Å². The van der Waals surface area contributed by atoms with Gasteiger partial charge in [0.1, 0.15) is 0 Å². The molecule has 4 heterocycles. The summed E-state index contributed by atoms with van der Waals surface area (Å²) in [7, 11) is 0. The molecule has 7 heteroatoms. The van der Waals surface area contributed by atoms with Crippen molar-refractivity contribution in [3.05, 3.63) is 36.3 Å². The summed E-state index contributed by atoms with van der Waals surface area (Å²) in [5.74, 6) is 1.44. The molecule has 0 spiro atoms. The van der Waals surface area contributed by atoms with Gasteiger partial charge in [0.2, 0.25) is 11.9 Å². The van der Waals surface area contributed by atoms with Crippen molar-refractivity contribution in [2.24, 2.45) is 5.92 Å². The van der Waals surface area contributed by atoms with E-state index in [2.05, 4.69) is 32.2 Å². The lowest BCUT2D eigenvalue weighted by Gasteiger charge is -2.26. The van der Waals surface area contributed by atoms with E-state index in [1.807, 2.05) is 23.4 Å². The van der Waals surface area contributed by atoms with Crippen LogP contribution in [0.2, 0.25) is 0 Å². The van der Waals surface area contributed by atoms with Gasteiger partial charge in [-0.1, -0.05) is 12.2 Å². The van der Waals surface area contributed by atoms with Crippen LogP contribution in [0.25, 0.3) is 11.3 Å². The molecule has 0 aromatic carbocycles. The number of carbonyl (C=O) groups is 1. The van der Waals surface area contributed by atoms with Crippen LogP contribution in [-0.4, -0.2) is 50.6 Å². The normalized spacial score (nSPS) is 24.0. The number of hydrogen-bond donors (Lipinski definition) is 1. The highest BCUT2D eigenvalue weighted by Crippen LogP contribution is 2.37. The zero-order valence-corrected chi connectivity index (χ0v) is 16.8. The third-order valence-corrected chi connectivity index (χ3v) is 6.43. The first-order valence-corrected chi connectivity index (χ1v) is 10.9. The van der Waals surface area contributed by atoms with E-state index < -0.39 is 0 Å². The molecule has 3 aliphatic rings. The van der Waals surface area contributed by atoms with Crippen molar-refractivity contribution < 1.29 is 4.79 Å². The second-order valence-electron chi connectivity index (χ2n) is 8.35. The number of aromatic nitrogens is 4. The van der Waals surface area contributed by atoms with Crippen molar-refractivity contribution in [2.45, 2.75) is 51.0 Å². The molecule has 2 fully saturated rings. The minimum atomic E-state index is 0.0515. The third kappa shape index (κ3) is 3.66. The van der Waals surface area contributed by atoms with E-state index in [9.17, 15) is 4.79 Å². The first kappa shape index (κ1) is 18.3. The Morgan fingerprint density at radius 1 is 1.17 bits per heavy atom. The maximum absolute atomic E-state index is 13.0. The number of hydrogen-bond acceptors (Lipinski definition) is 5. The highest BCUT2D eigenvalue weighted by Gasteiger charge is 2.34. The van der Waals surface area contributed by atoms with Crippen molar-refractivity contribution >= 4 is 11.9 Å². The van der Waals surface area contributed by atoms with Gasteiger partial charge in [-0.25, -0.2) is 9.97 Å². The summed E-state index contributed by atoms with van der Waals surface area (Å²) < 4.78 is 0. The molecule has 2 unspecified atom stereocenters. The summed E-state index contributed by atoms with van der Waals surface area (Å²) in [5, 5.41) is 7.50. The molecule has 2 aromatic rings. The number of anilines is 1. The molecule has 0 saturated carbocycles. The molecular weight excluding hydrogens is 364 g/mol. The third-order valence-electron chi connectivity index (χ3n) is 6.43. The first-order valence-electron chi connectivity index (χ1n) is 10.9. The minimum Gasteiger partial charge on any atom is -0.341 e. The second-order valence-corrected chi connectivity index (χ2v) is 8.35. The van der Waals surface area contributed by atoms with Crippen molar-refractivity contribution in [3.63, 3.8) is 0 Å². The van der Waals surface area contributed by atoms with Gasteiger partial charge >= 0.3 is 0 Å². The van der Waals surface area contributed by atoms with Crippen LogP contribution >= 0.6 is 0 Å². The minimum absolute atomic E-state index is 0.0515. The number of carbonyl (C=O) groups excluding carboxylic acids is 1. The van der Waals surface area contributed by atoms with Gasteiger partial charge in [-0.3, -0.25) is 9.89 Å². The molecular formula is C22H28N6O. The first-order chi connectivity index (χ1) is 14.3. The molecule has 1 amide bonds. The van der Waals surface area contributed by atoms with E-state index in [1.165, 1.54) is 12.8 Å². The molecule has 0 bridgehead atoms. The van der Waals surface area contributed by atoms with Crippen LogP contribution in [0.5, 0.6) is 0 Å². The summed E-state index contributed by atoms with van der Waals surface area (Å²) in [6.45, 7) is 2.85. The van der Waals surface area contributed by atoms with Crippen molar-refractivity contribution in [2.75, 3.05) is 24.5 Å². The van der Waals surface area contributed by atoms with Crippen molar-refractivity contribution in [1.29, 1.82) is 0 Å². The predicted octanol–water partition coefficient (Wildman–Crippen LogP) is 3.49. The topological polar surface area (TPSA) is 78.0 Å². The van der Waals surface area contributed by atoms with E-state index in [0.717, 1.165) is 68.2 Å². The van der Waals surface area contributed by atoms with E-state index in [0.29, 0.717) is 12.3 Å². The Balaban J connectivity index is 1.38. The number of nitrogens with zero attached hydrogens (tertiary/aromatic N) is 5. The van der Waals surface area contributed by atoms with Crippen LogP contribution in [-0.2, 0) is 4.79 Å². The molecule has 2 atom stereocenters. The number of likely N-dealkylation sites (tertiary alicyclic amines) is 1. The van der Waals surface area contributed by atoms with Gasteiger partial charge in [-0.05, 0) is 50.5 Å². The SMILES string of the molecule is O=C(CC1C=CCC1)N1CCCC1c1[nH]ncc1-c1ccnc(N2CCCC2)n1. The van der Waals surface area contributed by atoms with Crippen molar-refractivity contribution in [3.8, 4) is 11.3 Å². The van der Waals surface area contributed by atoms with Crippen LogP contribution in [0.3, 0.4) is 0 Å². The van der Waals surface area contributed by atoms with E-state index in [4.69, 9.17) is 4.98 Å². The molecule has 29 heavy (non-hydrogen) atoms. The summed E-state index contributed by atoms with van der Waals surface area (Å²) in [4.78, 5) is 26.6. The molecule has 2 aliphatic heterocycles. The average molecular weight is 393 g/mol. The number of amides is 1. The Labute approximate surface area is 171 Å². The maximum Gasteiger partial charge on any atom is 0.225 e. The van der Waals surface area contributed by atoms with E-state index >= 15 is 0 Å². The van der Waals surface area contributed by atoms with Crippen LogP contribution in [0.4, 0.5) is 5.95 Å². The zero-order valence-electron chi connectivity index (χ0n) is 16.8. The Kier molecular flexibility index (Phi) is 5.04. The molecule has 1 N–H and O–H groups in total. The van der Waals surface area contributed by atoms with Gasteiger partial charge < -0.3 is 9.80 Å². The van der Waals surface area contributed by atoms with Crippen LogP contribution < -0.4 is 4.90 Å². The lowest BCUT2D eigenvalue weighted by Crippen LogP contribution is -2.32. The van der Waals surface area contributed by atoms with Crippen LogP contribution in [0.15, 0.2) is 30.6 Å². The summed E-state index contributed by atoms with van der Waals surface area (Å²) >= 11 is 0. The largest absolute Gasteiger partial charge is 0.341 e. The summed E-state index contributed by atoms with van der Waals surface area (Å²) in [6.07, 6.45) is 15.2. The molecule has 0 radical (unpaired) electrons. The monoisotopic (exact) mass is 392 g/mol. The van der Waals surface area contributed by atoms with Gasteiger partial charge in [0.05, 0.1) is 23.6 Å². The van der Waals surface area contributed by atoms with E-state index in [1.54, 1.807) is 0 Å². The van der Waals surface area contributed by atoms with Gasteiger partial charge in [-0.2, -0.15) is 5.10 Å². The average Bonchev–Trinajstić information content (AvgIpc) is 3.55. The number of aromatic amines is 1. The molecule has 5 rings (SSSR count). The number of allylic oxidation sites excluding steroid dienone is 2. The Hall–Kier alpha value is -2.70. The molecule has 2 aromatic heterocycles. The highest BCUT2D eigenvalue weighted by atomic mass is 16.2. The lowest BCUT2D eigenvalue weighted by molar-refractivity contribution is -0.132. The van der Waals surface area contributed by atoms with Gasteiger partial charge in [0, 0.05) is 37.8 Å². The molecule has 7 nitrogen and oxygen atoms in total. The molecule has 2 saturated heterocycles. The Bertz CT molecular complexity index is 900. The van der Waals surface area contributed by atoms with Gasteiger partial charge in [-0.15, -0.1) is 0 Å². The van der Waals surface area contributed by atoms with Crippen LogP contribution in [0, 0.1) is 5.92 Å². The molecule has 1 aliphatic carbocycles. The number of nitrogens with one attached hydrogen (secondary N) is 1. The second kappa shape index (κ2) is 7.97. The lowest BCUT2D eigenvalue weighted by atomic mass is 10.0. The Morgan fingerprint density at radius 3 is 2.90 bits per heavy atom. The summed E-state index contributed by atoms with van der Waals surface area (Å²) in [6, 6.07) is 1.99. The van der Waals surface area contributed by atoms with Crippen LogP contribution in [0.1, 0.15) is 56.7 Å². The van der Waals surface area contributed by atoms with Gasteiger partial charge in [0.25, 0.3) is 0 Å².